The monoisotopic (exact) mass is 325 g/mol. The summed E-state index contributed by atoms with van der Waals surface area (Å²) >= 11 is 0. The van der Waals surface area contributed by atoms with Gasteiger partial charge in [0.2, 0.25) is 0 Å². The average molecular weight is 325 g/mol. The van der Waals surface area contributed by atoms with E-state index in [2.05, 4.69) is 15.5 Å². The SMILES string of the molecule is O=C(C/C=N/C=N/NC(=O)c1ccccc1O)c1ccccc1O. The maximum absolute atomic E-state index is 11.8. The Kier molecular flexibility index (Phi) is 5.79. The minimum Gasteiger partial charge on any atom is -0.507 e. The van der Waals surface area contributed by atoms with E-state index in [0.717, 1.165) is 6.34 Å². The normalized spacial score (nSPS) is 11.0. The number of hydrogen-bond acceptors (Lipinski definition) is 5. The fourth-order valence-corrected chi connectivity index (χ4v) is 1.85. The molecule has 122 valence electrons. The van der Waals surface area contributed by atoms with E-state index in [4.69, 9.17) is 0 Å². The number of carbonyl (C=O) groups excluding carboxylic acids is 2. The van der Waals surface area contributed by atoms with Gasteiger partial charge in [-0.2, -0.15) is 5.10 Å². The molecule has 2 rings (SSSR count). The summed E-state index contributed by atoms with van der Waals surface area (Å²) in [5, 5.41) is 22.6. The third kappa shape index (κ3) is 4.51. The third-order valence-corrected chi connectivity index (χ3v) is 3.03. The van der Waals surface area contributed by atoms with E-state index in [1.807, 2.05) is 0 Å². The van der Waals surface area contributed by atoms with Crippen molar-refractivity contribution in [3.63, 3.8) is 0 Å². The summed E-state index contributed by atoms with van der Waals surface area (Å²) in [6.07, 6.45) is 2.36. The third-order valence-electron chi connectivity index (χ3n) is 3.03. The molecule has 0 saturated heterocycles. The second-order valence-electron chi connectivity index (χ2n) is 4.68. The van der Waals surface area contributed by atoms with Crippen LogP contribution in [0.25, 0.3) is 0 Å². The van der Waals surface area contributed by atoms with Crippen LogP contribution in [0.2, 0.25) is 0 Å². The van der Waals surface area contributed by atoms with Crippen molar-refractivity contribution in [3.8, 4) is 11.5 Å². The van der Waals surface area contributed by atoms with Crippen LogP contribution in [-0.2, 0) is 0 Å². The summed E-state index contributed by atoms with van der Waals surface area (Å²) in [6, 6.07) is 12.3. The first-order chi connectivity index (χ1) is 11.6. The first-order valence-electron chi connectivity index (χ1n) is 7.02. The van der Waals surface area contributed by atoms with Crippen molar-refractivity contribution in [3.05, 3.63) is 59.7 Å². The van der Waals surface area contributed by atoms with Gasteiger partial charge in [-0.15, -0.1) is 0 Å². The highest BCUT2D eigenvalue weighted by molar-refractivity contribution is 6.06. The number of phenolic OH excluding ortho intramolecular Hbond substituents is 2. The number of aromatic hydroxyl groups is 2. The van der Waals surface area contributed by atoms with Gasteiger partial charge in [0.1, 0.15) is 17.8 Å². The molecule has 7 nitrogen and oxygen atoms in total. The van der Waals surface area contributed by atoms with Crippen LogP contribution in [0.5, 0.6) is 11.5 Å². The number of aliphatic imine (C=N–C) groups is 1. The van der Waals surface area contributed by atoms with Crippen LogP contribution >= 0.6 is 0 Å². The van der Waals surface area contributed by atoms with Crippen molar-refractivity contribution in [1.29, 1.82) is 0 Å². The second-order valence-corrected chi connectivity index (χ2v) is 4.68. The number of phenols is 2. The van der Waals surface area contributed by atoms with E-state index in [-0.39, 0.29) is 34.8 Å². The van der Waals surface area contributed by atoms with Gasteiger partial charge in [0.25, 0.3) is 5.91 Å². The number of rotatable bonds is 6. The van der Waals surface area contributed by atoms with E-state index in [1.165, 1.54) is 30.5 Å². The lowest BCUT2D eigenvalue weighted by molar-refractivity contribution is 0.0950. The van der Waals surface area contributed by atoms with Crippen LogP contribution in [0.4, 0.5) is 0 Å². The Bertz CT molecular complexity index is 732. The summed E-state index contributed by atoms with van der Waals surface area (Å²) in [7, 11) is 0. The molecule has 2 aromatic carbocycles. The first-order valence-corrected chi connectivity index (χ1v) is 7.02. The highest BCUT2D eigenvalue weighted by Gasteiger charge is 2.09. The fourth-order valence-electron chi connectivity index (χ4n) is 1.85. The van der Waals surface area contributed by atoms with Crippen LogP contribution in [-0.4, -0.2) is 34.5 Å². The van der Waals surface area contributed by atoms with Gasteiger partial charge in [-0.05, 0) is 24.3 Å². The van der Waals surface area contributed by atoms with Crippen molar-refractivity contribution < 1.29 is 19.8 Å². The highest BCUT2D eigenvalue weighted by atomic mass is 16.3. The predicted molar refractivity (Wildman–Crippen MR) is 89.6 cm³/mol. The lowest BCUT2D eigenvalue weighted by atomic mass is 10.1. The van der Waals surface area contributed by atoms with Crippen LogP contribution in [0, 0.1) is 0 Å². The Hall–Kier alpha value is -3.48. The topological polar surface area (TPSA) is 111 Å². The van der Waals surface area contributed by atoms with E-state index in [0.29, 0.717) is 0 Å². The number of amides is 1. The molecule has 0 radical (unpaired) electrons. The summed E-state index contributed by atoms with van der Waals surface area (Å²) in [5.74, 6) is -1.10. The lowest BCUT2D eigenvalue weighted by Gasteiger charge is -2.01. The van der Waals surface area contributed by atoms with Crippen molar-refractivity contribution in [1.82, 2.24) is 5.43 Å². The number of nitrogens with one attached hydrogen (secondary N) is 1. The van der Waals surface area contributed by atoms with Gasteiger partial charge in [-0.25, -0.2) is 10.4 Å². The van der Waals surface area contributed by atoms with Gasteiger partial charge < -0.3 is 10.2 Å². The predicted octanol–water partition coefficient (Wildman–Crippen LogP) is 2.11. The van der Waals surface area contributed by atoms with Crippen LogP contribution in [0.3, 0.4) is 0 Å². The number of hydrogen-bond donors (Lipinski definition) is 3. The Balaban J connectivity index is 1.83. The minimum atomic E-state index is -0.579. The van der Waals surface area contributed by atoms with E-state index < -0.39 is 5.91 Å². The minimum absolute atomic E-state index is 0.0169. The number of hydrazone groups is 1. The molecule has 0 saturated carbocycles. The zero-order valence-corrected chi connectivity index (χ0v) is 12.6. The summed E-state index contributed by atoms with van der Waals surface area (Å²) in [5.41, 5.74) is 2.51. The van der Waals surface area contributed by atoms with Crippen LogP contribution in [0.15, 0.2) is 58.6 Å². The molecule has 0 aliphatic carbocycles. The second kappa shape index (κ2) is 8.23. The number of nitrogens with zero attached hydrogens (tertiary/aromatic N) is 2. The molecule has 0 aromatic heterocycles. The van der Waals surface area contributed by atoms with Gasteiger partial charge in [-0.1, -0.05) is 24.3 Å². The van der Waals surface area contributed by atoms with Gasteiger partial charge in [0, 0.05) is 12.6 Å². The molecule has 2 aromatic rings. The first kappa shape index (κ1) is 16.9. The molecule has 0 aliphatic heterocycles. The van der Waals surface area contributed by atoms with Crippen molar-refractivity contribution >= 4 is 24.2 Å². The smallest absolute Gasteiger partial charge is 0.275 e. The Morgan fingerprint density at radius 2 is 1.54 bits per heavy atom. The summed E-state index contributed by atoms with van der Waals surface area (Å²) in [6.45, 7) is 0. The molecule has 24 heavy (non-hydrogen) atoms. The molecule has 3 N–H and O–H groups in total. The van der Waals surface area contributed by atoms with Crippen molar-refractivity contribution in [2.45, 2.75) is 6.42 Å². The molecule has 0 heterocycles. The van der Waals surface area contributed by atoms with E-state index in [1.54, 1.807) is 24.3 Å². The number of ketones is 1. The molecule has 0 bridgehead atoms. The lowest BCUT2D eigenvalue weighted by Crippen LogP contribution is -2.17. The molecular formula is C17H15N3O4. The standard InChI is InChI=1S/C17H15N3O4/c21-14-7-3-1-5-12(14)16(23)9-10-18-11-19-20-17(24)13-6-2-4-8-15(13)22/h1-8,10-11,21-22H,9H2,(H,20,24)/b18-10+,19-11+. The van der Waals surface area contributed by atoms with Gasteiger partial charge in [-0.3, -0.25) is 9.59 Å². The van der Waals surface area contributed by atoms with Crippen molar-refractivity contribution in [2.75, 3.05) is 0 Å². The summed E-state index contributed by atoms with van der Waals surface area (Å²) < 4.78 is 0. The molecule has 7 heteroatoms. The molecule has 1 amide bonds. The van der Waals surface area contributed by atoms with Crippen molar-refractivity contribution in [2.24, 2.45) is 10.1 Å². The number of benzene rings is 2. The largest absolute Gasteiger partial charge is 0.507 e. The van der Waals surface area contributed by atoms with Gasteiger partial charge in [0.15, 0.2) is 5.78 Å². The number of Topliss-reactive ketones (excluding diaryl/α,β-unsaturated/α-hetero) is 1. The summed E-state index contributed by atoms with van der Waals surface area (Å²) in [4.78, 5) is 27.3. The Morgan fingerprint density at radius 3 is 2.17 bits per heavy atom. The van der Waals surface area contributed by atoms with Crippen LogP contribution < -0.4 is 5.43 Å². The number of carbonyl (C=O) groups is 2. The molecular weight excluding hydrogens is 310 g/mol. The van der Waals surface area contributed by atoms with E-state index in [9.17, 15) is 19.8 Å². The quantitative estimate of drug-likeness (QED) is 0.327. The van der Waals surface area contributed by atoms with Gasteiger partial charge in [0.05, 0.1) is 11.1 Å². The fraction of sp³-hybridized carbons (Fsp3) is 0.0588. The molecule has 0 aliphatic rings. The van der Waals surface area contributed by atoms with E-state index >= 15 is 0 Å². The average Bonchev–Trinajstić information content (AvgIpc) is 2.58. The Morgan fingerprint density at radius 1 is 0.958 bits per heavy atom. The number of para-hydroxylation sites is 2. The molecule has 0 atom stereocenters. The zero-order chi connectivity index (χ0) is 17.4. The maximum atomic E-state index is 11.8. The molecule has 0 fully saturated rings. The molecule has 0 unspecified atom stereocenters. The van der Waals surface area contributed by atoms with Gasteiger partial charge >= 0.3 is 0 Å². The Labute approximate surface area is 138 Å². The van der Waals surface area contributed by atoms with Crippen LogP contribution in [0.1, 0.15) is 27.1 Å². The maximum Gasteiger partial charge on any atom is 0.275 e. The molecule has 0 spiro atoms. The zero-order valence-electron chi connectivity index (χ0n) is 12.6. The highest BCUT2D eigenvalue weighted by Crippen LogP contribution is 2.17.